The topological polar surface area (TPSA) is 85.4 Å². The van der Waals surface area contributed by atoms with Crippen LogP contribution in [0.2, 0.25) is 0 Å². The van der Waals surface area contributed by atoms with Gasteiger partial charge in [-0.05, 0) is 23.6 Å². The molecule has 0 atom stereocenters. The first-order valence-corrected chi connectivity index (χ1v) is 10.5. The normalized spacial score (nSPS) is 11.4. The van der Waals surface area contributed by atoms with Crippen molar-refractivity contribution in [3.8, 4) is 10.6 Å². The summed E-state index contributed by atoms with van der Waals surface area (Å²) in [6.45, 7) is -0.425. The first-order valence-electron chi connectivity index (χ1n) is 7.22. The van der Waals surface area contributed by atoms with Gasteiger partial charge in [-0.1, -0.05) is 18.2 Å². The van der Waals surface area contributed by atoms with E-state index in [0.717, 1.165) is 10.6 Å². The predicted molar refractivity (Wildman–Crippen MR) is 96.9 cm³/mol. The second kappa shape index (κ2) is 7.87. The smallest absolute Gasteiger partial charge is 0.321 e. The summed E-state index contributed by atoms with van der Waals surface area (Å²) in [6, 6.07) is 9.81. The number of benzene rings is 1. The summed E-state index contributed by atoms with van der Waals surface area (Å²) in [5.74, 6) is -0.662. The van der Waals surface area contributed by atoms with E-state index in [0.29, 0.717) is 5.69 Å². The van der Waals surface area contributed by atoms with Gasteiger partial charge >= 0.3 is 5.97 Å². The third-order valence-electron chi connectivity index (χ3n) is 3.16. The zero-order valence-corrected chi connectivity index (χ0v) is 15.4. The van der Waals surface area contributed by atoms with Gasteiger partial charge in [0.1, 0.15) is 18.2 Å². The van der Waals surface area contributed by atoms with Crippen LogP contribution in [-0.4, -0.2) is 25.9 Å². The number of carbonyl (C=O) groups is 1. The van der Waals surface area contributed by atoms with Gasteiger partial charge in [0.05, 0.1) is 10.6 Å². The van der Waals surface area contributed by atoms with Crippen molar-refractivity contribution in [1.82, 2.24) is 9.71 Å². The Bertz CT molecular complexity index is 935. The summed E-state index contributed by atoms with van der Waals surface area (Å²) in [6.07, 6.45) is 0. The van der Waals surface area contributed by atoms with Crippen molar-refractivity contribution < 1.29 is 17.9 Å². The van der Waals surface area contributed by atoms with Crippen LogP contribution in [0.1, 0.15) is 5.69 Å². The number of carbonyl (C=O) groups excluding carboxylic acids is 1. The maximum absolute atomic E-state index is 12.0. The molecule has 0 saturated heterocycles. The Balaban J connectivity index is 1.50. The van der Waals surface area contributed by atoms with Gasteiger partial charge in [-0.25, -0.2) is 13.4 Å². The highest BCUT2D eigenvalue weighted by atomic mass is 32.2. The van der Waals surface area contributed by atoms with E-state index in [1.54, 1.807) is 29.5 Å². The Labute approximate surface area is 153 Å². The van der Waals surface area contributed by atoms with Crippen molar-refractivity contribution in [2.45, 2.75) is 11.5 Å². The number of rotatable bonds is 7. The second-order valence-electron chi connectivity index (χ2n) is 4.95. The first-order chi connectivity index (χ1) is 12.0. The molecule has 0 aliphatic heterocycles. The second-order valence-corrected chi connectivity index (χ2v) is 8.36. The number of thiophene rings is 1. The molecule has 0 fully saturated rings. The van der Waals surface area contributed by atoms with E-state index in [1.807, 2.05) is 22.2 Å². The van der Waals surface area contributed by atoms with Crippen LogP contribution in [-0.2, 0) is 26.2 Å². The fourth-order valence-corrected chi connectivity index (χ4v) is 4.44. The largest absolute Gasteiger partial charge is 0.458 e. The Morgan fingerprint density at radius 3 is 2.68 bits per heavy atom. The summed E-state index contributed by atoms with van der Waals surface area (Å²) in [4.78, 5) is 16.2. The van der Waals surface area contributed by atoms with Crippen LogP contribution in [0, 0.1) is 0 Å². The monoisotopic (exact) mass is 394 g/mol. The summed E-state index contributed by atoms with van der Waals surface area (Å²) in [5.41, 5.74) is 1.66. The van der Waals surface area contributed by atoms with Crippen LogP contribution in [0.5, 0.6) is 0 Å². The minimum absolute atomic E-state index is 0.00648. The van der Waals surface area contributed by atoms with E-state index in [2.05, 4.69) is 9.71 Å². The van der Waals surface area contributed by atoms with E-state index in [4.69, 9.17) is 4.74 Å². The minimum Gasteiger partial charge on any atom is -0.458 e. The van der Waals surface area contributed by atoms with E-state index >= 15 is 0 Å². The van der Waals surface area contributed by atoms with Crippen LogP contribution >= 0.6 is 22.7 Å². The van der Waals surface area contributed by atoms with Crippen molar-refractivity contribution >= 4 is 38.7 Å². The van der Waals surface area contributed by atoms with Crippen LogP contribution in [0.25, 0.3) is 10.6 Å². The lowest BCUT2D eigenvalue weighted by Crippen LogP contribution is -2.30. The lowest BCUT2D eigenvalue weighted by Gasteiger charge is -2.06. The van der Waals surface area contributed by atoms with Crippen LogP contribution < -0.4 is 4.72 Å². The Morgan fingerprint density at radius 1 is 1.16 bits per heavy atom. The molecule has 1 N–H and O–H groups in total. The van der Waals surface area contributed by atoms with Gasteiger partial charge in [-0.15, -0.1) is 11.3 Å². The van der Waals surface area contributed by atoms with Crippen LogP contribution in [0.3, 0.4) is 0 Å². The number of nitrogens with zero attached hydrogens (tertiary/aromatic N) is 1. The number of thiazole rings is 1. The van der Waals surface area contributed by atoms with Gasteiger partial charge in [0, 0.05) is 16.3 Å². The standard InChI is InChI=1S/C16H14N2O4S3/c19-15(8-17-25(20,21)14-4-2-1-3-5-14)22-9-13-11-24-16(18-13)12-6-7-23-10-12/h1-7,10-11,17H,8-9H2. The zero-order chi connectivity index (χ0) is 17.7. The van der Waals surface area contributed by atoms with Crippen LogP contribution in [0.4, 0.5) is 0 Å². The maximum atomic E-state index is 12.0. The molecule has 2 aromatic heterocycles. The Morgan fingerprint density at radius 2 is 1.96 bits per heavy atom. The van der Waals surface area contributed by atoms with Gasteiger partial charge in [-0.3, -0.25) is 4.79 Å². The highest BCUT2D eigenvalue weighted by Gasteiger charge is 2.16. The SMILES string of the molecule is O=C(CNS(=O)(=O)c1ccccc1)OCc1csc(-c2ccsc2)n1. The Kier molecular flexibility index (Phi) is 5.59. The molecule has 0 spiro atoms. The van der Waals surface area contributed by atoms with E-state index < -0.39 is 22.5 Å². The molecule has 3 aromatic rings. The van der Waals surface area contributed by atoms with E-state index in [9.17, 15) is 13.2 Å². The molecular formula is C16H14N2O4S3. The van der Waals surface area contributed by atoms with E-state index in [-0.39, 0.29) is 11.5 Å². The molecule has 0 radical (unpaired) electrons. The van der Waals surface area contributed by atoms with Gasteiger partial charge in [0.2, 0.25) is 10.0 Å². The van der Waals surface area contributed by atoms with Crippen molar-refractivity contribution in [3.05, 3.63) is 58.2 Å². The van der Waals surface area contributed by atoms with Crippen molar-refractivity contribution in [3.63, 3.8) is 0 Å². The summed E-state index contributed by atoms with van der Waals surface area (Å²) >= 11 is 3.05. The fourth-order valence-electron chi connectivity index (χ4n) is 1.93. The quantitative estimate of drug-likeness (QED) is 0.623. The molecular weight excluding hydrogens is 380 g/mol. The van der Waals surface area contributed by atoms with Crippen molar-refractivity contribution in [2.75, 3.05) is 6.54 Å². The molecule has 9 heteroatoms. The number of hydrogen-bond acceptors (Lipinski definition) is 7. The van der Waals surface area contributed by atoms with Crippen molar-refractivity contribution in [2.24, 2.45) is 0 Å². The molecule has 130 valence electrons. The first kappa shape index (κ1) is 17.7. The molecule has 3 rings (SSSR count). The Hall–Kier alpha value is -2.07. The average molecular weight is 394 g/mol. The van der Waals surface area contributed by atoms with Gasteiger partial charge in [0.15, 0.2) is 0 Å². The number of sulfonamides is 1. The molecule has 6 nitrogen and oxygen atoms in total. The highest BCUT2D eigenvalue weighted by Crippen LogP contribution is 2.25. The summed E-state index contributed by atoms with van der Waals surface area (Å²) in [7, 11) is -3.73. The predicted octanol–water partition coefficient (Wildman–Crippen LogP) is 2.89. The van der Waals surface area contributed by atoms with Gasteiger partial charge in [0.25, 0.3) is 0 Å². The highest BCUT2D eigenvalue weighted by molar-refractivity contribution is 7.89. The third kappa shape index (κ3) is 4.73. The molecule has 0 aliphatic carbocycles. The van der Waals surface area contributed by atoms with Crippen molar-refractivity contribution in [1.29, 1.82) is 0 Å². The minimum atomic E-state index is -3.73. The lowest BCUT2D eigenvalue weighted by molar-refractivity contribution is -0.143. The van der Waals surface area contributed by atoms with Crippen LogP contribution in [0.15, 0.2) is 57.4 Å². The zero-order valence-electron chi connectivity index (χ0n) is 12.9. The average Bonchev–Trinajstić information content (AvgIpc) is 3.30. The summed E-state index contributed by atoms with van der Waals surface area (Å²) < 4.78 is 31.3. The molecule has 25 heavy (non-hydrogen) atoms. The number of nitrogens with one attached hydrogen (secondary N) is 1. The molecule has 1 aromatic carbocycles. The maximum Gasteiger partial charge on any atom is 0.321 e. The molecule has 0 aliphatic rings. The third-order valence-corrected chi connectivity index (χ3v) is 6.20. The lowest BCUT2D eigenvalue weighted by atomic mass is 10.4. The number of ether oxygens (including phenoxy) is 1. The molecule has 0 saturated carbocycles. The molecule has 0 bridgehead atoms. The fraction of sp³-hybridized carbons (Fsp3) is 0.125. The molecule has 0 unspecified atom stereocenters. The molecule has 2 heterocycles. The number of esters is 1. The molecule has 0 amide bonds. The number of hydrogen-bond donors (Lipinski definition) is 1. The van der Waals surface area contributed by atoms with Gasteiger partial charge in [-0.2, -0.15) is 16.1 Å². The van der Waals surface area contributed by atoms with Gasteiger partial charge < -0.3 is 4.74 Å². The summed E-state index contributed by atoms with van der Waals surface area (Å²) in [5, 5.41) is 6.63. The number of aromatic nitrogens is 1. The van der Waals surface area contributed by atoms with E-state index in [1.165, 1.54) is 23.5 Å².